The van der Waals surface area contributed by atoms with Gasteiger partial charge in [0.1, 0.15) is 6.67 Å². The average molecular weight is 313 g/mol. The Labute approximate surface area is 141 Å². The molecule has 126 valence electrons. The Morgan fingerprint density at radius 3 is 2.61 bits per heavy atom. The zero-order valence-corrected chi connectivity index (χ0v) is 15.0. The minimum absolute atomic E-state index is 0.594. The first-order valence-electron chi connectivity index (χ1n) is 8.31. The number of nitrogens with zero attached hydrogens (tertiary/aromatic N) is 2. The molecule has 0 heterocycles. The largest absolute Gasteiger partial charge is 0.333 e. The predicted octanol–water partition coefficient (Wildman–Crippen LogP) is 5.01. The van der Waals surface area contributed by atoms with E-state index >= 15 is 0 Å². The molecule has 1 aliphatic carbocycles. The first kappa shape index (κ1) is 19.0. The second-order valence-corrected chi connectivity index (χ2v) is 5.74. The van der Waals surface area contributed by atoms with Crippen molar-refractivity contribution in [1.82, 2.24) is 9.91 Å². The third kappa shape index (κ3) is 5.95. The van der Waals surface area contributed by atoms with Gasteiger partial charge >= 0.3 is 0 Å². The zero-order valence-electron chi connectivity index (χ0n) is 15.0. The van der Waals surface area contributed by atoms with Crippen molar-refractivity contribution in [2.45, 2.75) is 47.0 Å². The molecule has 0 aromatic heterocycles. The molecular weight excluding hydrogens is 282 g/mol. The SMILES string of the molecule is C=C/C=C(/C)N(/C=C\C)CN(N)/C=C(\C)C1=CCCC=C1CC. The van der Waals surface area contributed by atoms with Crippen LogP contribution in [0.4, 0.5) is 0 Å². The monoisotopic (exact) mass is 313 g/mol. The summed E-state index contributed by atoms with van der Waals surface area (Å²) in [5.41, 5.74) is 5.08. The van der Waals surface area contributed by atoms with Gasteiger partial charge in [0.05, 0.1) is 0 Å². The van der Waals surface area contributed by atoms with Crippen molar-refractivity contribution in [3.63, 3.8) is 0 Å². The smallest absolute Gasteiger partial charge is 0.108 e. The molecular formula is C20H31N3. The second-order valence-electron chi connectivity index (χ2n) is 5.74. The maximum atomic E-state index is 6.21. The lowest BCUT2D eigenvalue weighted by molar-refractivity contribution is 0.265. The van der Waals surface area contributed by atoms with Crippen molar-refractivity contribution >= 4 is 0 Å². The van der Waals surface area contributed by atoms with Crippen LogP contribution in [0.1, 0.15) is 47.0 Å². The summed E-state index contributed by atoms with van der Waals surface area (Å²) in [4.78, 5) is 2.09. The molecule has 0 spiro atoms. The van der Waals surface area contributed by atoms with Crippen molar-refractivity contribution in [3.05, 3.63) is 71.8 Å². The van der Waals surface area contributed by atoms with Gasteiger partial charge in [-0.1, -0.05) is 37.8 Å². The highest BCUT2D eigenvalue weighted by Crippen LogP contribution is 2.27. The fraction of sp³-hybridized carbons (Fsp3) is 0.400. The normalized spacial score (nSPS) is 16.2. The first-order valence-corrected chi connectivity index (χ1v) is 8.31. The Hall–Kier alpha value is -2.00. The summed E-state index contributed by atoms with van der Waals surface area (Å²) in [5.74, 6) is 6.21. The van der Waals surface area contributed by atoms with E-state index in [2.05, 4.69) is 37.5 Å². The Morgan fingerprint density at radius 1 is 1.30 bits per heavy atom. The van der Waals surface area contributed by atoms with Crippen LogP contribution in [0.5, 0.6) is 0 Å². The summed E-state index contributed by atoms with van der Waals surface area (Å²) in [5, 5.41) is 1.73. The van der Waals surface area contributed by atoms with E-state index in [1.54, 1.807) is 11.1 Å². The van der Waals surface area contributed by atoms with Crippen molar-refractivity contribution in [1.29, 1.82) is 0 Å². The Bertz CT molecular complexity index is 547. The van der Waals surface area contributed by atoms with Gasteiger partial charge in [0.2, 0.25) is 0 Å². The van der Waals surface area contributed by atoms with E-state index in [9.17, 15) is 0 Å². The molecule has 3 nitrogen and oxygen atoms in total. The summed E-state index contributed by atoms with van der Waals surface area (Å²) in [6, 6.07) is 0. The van der Waals surface area contributed by atoms with E-state index in [0.29, 0.717) is 6.67 Å². The van der Waals surface area contributed by atoms with Gasteiger partial charge in [-0.25, -0.2) is 5.84 Å². The molecule has 2 N–H and O–H groups in total. The van der Waals surface area contributed by atoms with Crippen LogP contribution in [0.25, 0.3) is 0 Å². The Kier molecular flexibility index (Phi) is 8.20. The number of rotatable bonds is 8. The maximum Gasteiger partial charge on any atom is 0.108 e. The van der Waals surface area contributed by atoms with Crippen molar-refractivity contribution in [3.8, 4) is 0 Å². The Morgan fingerprint density at radius 2 is 2.00 bits per heavy atom. The fourth-order valence-electron chi connectivity index (χ4n) is 2.73. The van der Waals surface area contributed by atoms with E-state index in [1.165, 1.54) is 16.7 Å². The van der Waals surface area contributed by atoms with Gasteiger partial charge in [-0.3, -0.25) is 5.01 Å². The van der Waals surface area contributed by atoms with Gasteiger partial charge < -0.3 is 4.90 Å². The standard InChI is InChI=1S/C20H31N3/c1-6-11-18(5)22(14-7-2)16-23(21)15-17(4)20-13-10-9-12-19(20)8-3/h6-7,11-15H,1,8-10,16,21H2,2-5H3/b14-7-,17-15+,18-11-. The van der Waals surface area contributed by atoms with Crippen molar-refractivity contribution in [2.75, 3.05) is 6.67 Å². The van der Waals surface area contributed by atoms with E-state index < -0.39 is 0 Å². The van der Waals surface area contributed by atoms with Gasteiger partial charge in [0.15, 0.2) is 0 Å². The third-order valence-corrected chi connectivity index (χ3v) is 3.87. The maximum absolute atomic E-state index is 6.21. The van der Waals surface area contributed by atoms with E-state index in [-0.39, 0.29) is 0 Å². The van der Waals surface area contributed by atoms with Gasteiger partial charge in [-0.15, -0.1) is 0 Å². The quantitative estimate of drug-likeness (QED) is 0.296. The molecule has 0 fully saturated rings. The lowest BCUT2D eigenvalue weighted by atomic mass is 9.91. The van der Waals surface area contributed by atoms with E-state index in [1.807, 2.05) is 38.4 Å². The van der Waals surface area contributed by atoms with Crippen LogP contribution in [0, 0.1) is 0 Å². The minimum atomic E-state index is 0.594. The van der Waals surface area contributed by atoms with Gasteiger partial charge in [-0.05, 0) is 62.8 Å². The summed E-state index contributed by atoms with van der Waals surface area (Å²) in [6.07, 6.45) is 17.8. The Balaban J connectivity index is 2.85. The van der Waals surface area contributed by atoms with Crippen molar-refractivity contribution < 1.29 is 0 Å². The second kappa shape index (κ2) is 9.90. The van der Waals surface area contributed by atoms with Gasteiger partial charge in [0, 0.05) is 18.1 Å². The van der Waals surface area contributed by atoms with Crippen LogP contribution in [-0.2, 0) is 0 Å². The highest BCUT2D eigenvalue weighted by molar-refractivity contribution is 5.46. The van der Waals surface area contributed by atoms with Crippen LogP contribution in [0.2, 0.25) is 0 Å². The third-order valence-electron chi connectivity index (χ3n) is 3.87. The van der Waals surface area contributed by atoms with Crippen LogP contribution in [0.3, 0.4) is 0 Å². The molecule has 0 aromatic carbocycles. The van der Waals surface area contributed by atoms with Crippen LogP contribution in [-0.4, -0.2) is 16.6 Å². The highest BCUT2D eigenvalue weighted by Gasteiger charge is 2.10. The molecule has 0 amide bonds. The van der Waals surface area contributed by atoms with Crippen LogP contribution < -0.4 is 5.84 Å². The number of nitrogens with two attached hydrogens (primary N) is 1. The number of hydrogen-bond acceptors (Lipinski definition) is 3. The van der Waals surface area contributed by atoms with E-state index in [0.717, 1.165) is 25.0 Å². The molecule has 0 radical (unpaired) electrons. The molecule has 0 atom stereocenters. The molecule has 1 rings (SSSR count). The average Bonchev–Trinajstić information content (AvgIpc) is 2.54. The fourth-order valence-corrected chi connectivity index (χ4v) is 2.73. The predicted molar refractivity (Wildman–Crippen MR) is 101 cm³/mol. The topological polar surface area (TPSA) is 32.5 Å². The van der Waals surface area contributed by atoms with Crippen LogP contribution >= 0.6 is 0 Å². The zero-order chi connectivity index (χ0) is 17.2. The lowest BCUT2D eigenvalue weighted by Gasteiger charge is -2.27. The molecule has 0 bridgehead atoms. The summed E-state index contributed by atoms with van der Waals surface area (Å²) >= 11 is 0. The molecule has 3 heteroatoms. The first-order chi connectivity index (χ1) is 11.0. The minimum Gasteiger partial charge on any atom is -0.333 e. The molecule has 0 saturated heterocycles. The number of hydrazine groups is 1. The summed E-state index contributed by atoms with van der Waals surface area (Å²) < 4.78 is 0. The number of allylic oxidation sites excluding steroid dienone is 9. The highest BCUT2D eigenvalue weighted by atomic mass is 15.5. The number of hydrogen-bond donors (Lipinski definition) is 1. The molecule has 0 aliphatic heterocycles. The summed E-state index contributed by atoms with van der Waals surface area (Å²) in [6.45, 7) is 12.7. The molecule has 23 heavy (non-hydrogen) atoms. The summed E-state index contributed by atoms with van der Waals surface area (Å²) in [7, 11) is 0. The molecule has 0 saturated carbocycles. The van der Waals surface area contributed by atoms with E-state index in [4.69, 9.17) is 5.84 Å². The van der Waals surface area contributed by atoms with Crippen LogP contribution in [0.15, 0.2) is 71.8 Å². The van der Waals surface area contributed by atoms with Gasteiger partial charge in [0.25, 0.3) is 0 Å². The van der Waals surface area contributed by atoms with Gasteiger partial charge in [-0.2, -0.15) is 0 Å². The van der Waals surface area contributed by atoms with Crippen molar-refractivity contribution in [2.24, 2.45) is 5.84 Å². The molecule has 1 aliphatic rings. The molecule has 0 unspecified atom stereocenters. The lowest BCUT2D eigenvalue weighted by Crippen LogP contribution is -2.35. The molecule has 0 aromatic rings.